The summed E-state index contributed by atoms with van der Waals surface area (Å²) in [5, 5.41) is 4.02. The first-order valence-corrected chi connectivity index (χ1v) is 11.1. The van der Waals surface area contributed by atoms with E-state index in [0.717, 1.165) is 16.8 Å². The Labute approximate surface area is 193 Å². The van der Waals surface area contributed by atoms with Crippen LogP contribution in [0.5, 0.6) is 5.75 Å². The number of esters is 1. The third kappa shape index (κ3) is 4.05. The molecule has 0 aromatic heterocycles. The van der Waals surface area contributed by atoms with Gasteiger partial charge >= 0.3 is 5.97 Å². The van der Waals surface area contributed by atoms with Gasteiger partial charge in [-0.2, -0.15) is 0 Å². The second kappa shape index (κ2) is 9.21. The number of para-hydroxylation sites is 1. The number of hydrogen-bond donors (Lipinski definition) is 1. The molecule has 0 saturated heterocycles. The molecule has 0 radical (unpaired) electrons. The van der Waals surface area contributed by atoms with E-state index in [-0.39, 0.29) is 18.3 Å². The molecule has 1 N–H and O–H groups in total. The molecular formula is C26H26ClNO4. The molecule has 6 heteroatoms. The largest absolute Gasteiger partial charge is 0.496 e. The first kappa shape index (κ1) is 22.2. The summed E-state index contributed by atoms with van der Waals surface area (Å²) >= 11 is 6.05. The molecule has 0 bridgehead atoms. The van der Waals surface area contributed by atoms with Crippen LogP contribution in [0.4, 0.5) is 0 Å². The number of ketones is 1. The molecule has 1 aliphatic heterocycles. The topological polar surface area (TPSA) is 64.6 Å². The van der Waals surface area contributed by atoms with Gasteiger partial charge in [-0.1, -0.05) is 41.9 Å². The standard InChI is InChI=1S/C26H26ClNO4/c1-4-32-26(30)23-15(2)28-20-13-17(16-9-11-18(27)12-10-16)14-21(29)25(20)24(23)19-7-5-6-8-22(19)31-3/h5-12,17,24,28H,4,13-14H2,1-3H3/t17-,24-/m1/s1. The second-order valence-electron chi connectivity index (χ2n) is 8.03. The van der Waals surface area contributed by atoms with E-state index in [1.54, 1.807) is 14.0 Å². The Kier molecular flexibility index (Phi) is 6.38. The number of allylic oxidation sites excluding steroid dienone is 3. The molecule has 0 amide bonds. The highest BCUT2D eigenvalue weighted by atomic mass is 35.5. The number of benzene rings is 2. The summed E-state index contributed by atoms with van der Waals surface area (Å²) in [5.41, 5.74) is 4.47. The fourth-order valence-electron chi connectivity index (χ4n) is 4.71. The molecule has 2 aromatic rings. The zero-order valence-electron chi connectivity index (χ0n) is 18.4. The molecule has 0 fully saturated rings. The predicted molar refractivity (Wildman–Crippen MR) is 124 cm³/mol. The molecule has 166 valence electrons. The zero-order valence-corrected chi connectivity index (χ0v) is 19.2. The minimum Gasteiger partial charge on any atom is -0.496 e. The van der Waals surface area contributed by atoms with Crippen molar-refractivity contribution in [1.82, 2.24) is 5.32 Å². The van der Waals surface area contributed by atoms with Crippen molar-refractivity contribution < 1.29 is 19.1 Å². The van der Waals surface area contributed by atoms with E-state index >= 15 is 0 Å². The molecule has 0 unspecified atom stereocenters. The molecule has 1 aliphatic carbocycles. The number of nitrogens with one attached hydrogen (secondary N) is 1. The van der Waals surface area contributed by atoms with Crippen LogP contribution >= 0.6 is 11.6 Å². The number of Topliss-reactive ketones (excluding diaryl/α,β-unsaturated/α-hetero) is 1. The van der Waals surface area contributed by atoms with Gasteiger partial charge in [0.25, 0.3) is 0 Å². The third-order valence-corrected chi connectivity index (χ3v) is 6.37. The summed E-state index contributed by atoms with van der Waals surface area (Å²) in [5.74, 6) is -0.272. The first-order chi connectivity index (χ1) is 15.4. The van der Waals surface area contributed by atoms with E-state index in [4.69, 9.17) is 21.1 Å². The van der Waals surface area contributed by atoms with E-state index in [2.05, 4.69) is 5.32 Å². The van der Waals surface area contributed by atoms with Gasteiger partial charge in [-0.3, -0.25) is 4.79 Å². The molecule has 2 atom stereocenters. The van der Waals surface area contributed by atoms with Gasteiger partial charge in [0, 0.05) is 34.0 Å². The van der Waals surface area contributed by atoms with E-state index in [0.29, 0.717) is 40.5 Å². The van der Waals surface area contributed by atoms with Crippen LogP contribution in [0.1, 0.15) is 49.7 Å². The number of methoxy groups -OCH3 is 1. The van der Waals surface area contributed by atoms with Gasteiger partial charge in [0.1, 0.15) is 5.75 Å². The average molecular weight is 452 g/mol. The predicted octanol–water partition coefficient (Wildman–Crippen LogP) is 5.27. The van der Waals surface area contributed by atoms with Crippen LogP contribution < -0.4 is 10.1 Å². The molecule has 1 heterocycles. The maximum absolute atomic E-state index is 13.6. The quantitative estimate of drug-likeness (QED) is 0.627. The highest BCUT2D eigenvalue weighted by molar-refractivity contribution is 6.30. The van der Waals surface area contributed by atoms with E-state index < -0.39 is 11.9 Å². The molecule has 32 heavy (non-hydrogen) atoms. The summed E-state index contributed by atoms with van der Waals surface area (Å²) in [6.07, 6.45) is 1.03. The van der Waals surface area contributed by atoms with Crippen molar-refractivity contribution in [2.24, 2.45) is 0 Å². The van der Waals surface area contributed by atoms with Gasteiger partial charge in [-0.05, 0) is 49.9 Å². The number of carbonyl (C=O) groups excluding carboxylic acids is 2. The van der Waals surface area contributed by atoms with Crippen molar-refractivity contribution in [3.63, 3.8) is 0 Å². The second-order valence-corrected chi connectivity index (χ2v) is 8.47. The third-order valence-electron chi connectivity index (χ3n) is 6.11. The summed E-state index contributed by atoms with van der Waals surface area (Å²) in [4.78, 5) is 26.5. The van der Waals surface area contributed by atoms with E-state index in [1.807, 2.05) is 55.5 Å². The van der Waals surface area contributed by atoms with Crippen molar-refractivity contribution in [3.8, 4) is 5.75 Å². The monoisotopic (exact) mass is 451 g/mol. The summed E-state index contributed by atoms with van der Waals surface area (Å²) in [6.45, 7) is 3.89. The van der Waals surface area contributed by atoms with Crippen molar-refractivity contribution in [1.29, 1.82) is 0 Å². The Balaban J connectivity index is 1.82. The molecule has 2 aliphatic rings. The van der Waals surface area contributed by atoms with Gasteiger partial charge in [-0.15, -0.1) is 0 Å². The van der Waals surface area contributed by atoms with E-state index in [1.165, 1.54) is 0 Å². The van der Waals surface area contributed by atoms with Crippen molar-refractivity contribution >= 4 is 23.4 Å². The lowest BCUT2D eigenvalue weighted by molar-refractivity contribution is -0.138. The first-order valence-electron chi connectivity index (χ1n) is 10.7. The molecule has 0 spiro atoms. The molecule has 5 nitrogen and oxygen atoms in total. The summed E-state index contributed by atoms with van der Waals surface area (Å²) in [7, 11) is 1.59. The van der Waals surface area contributed by atoms with Crippen LogP contribution in [-0.2, 0) is 14.3 Å². The van der Waals surface area contributed by atoms with Crippen LogP contribution in [0.2, 0.25) is 5.02 Å². The van der Waals surface area contributed by atoms with Gasteiger partial charge in [0.2, 0.25) is 0 Å². The smallest absolute Gasteiger partial charge is 0.336 e. The Morgan fingerprint density at radius 1 is 1.12 bits per heavy atom. The van der Waals surface area contributed by atoms with Crippen molar-refractivity contribution in [2.45, 2.75) is 38.5 Å². The fourth-order valence-corrected chi connectivity index (χ4v) is 4.83. The number of ether oxygens (including phenoxy) is 2. The van der Waals surface area contributed by atoms with Gasteiger partial charge in [0.15, 0.2) is 5.78 Å². The lowest BCUT2D eigenvalue weighted by Crippen LogP contribution is -2.36. The number of halogens is 1. The van der Waals surface area contributed by atoms with Crippen molar-refractivity contribution in [2.75, 3.05) is 13.7 Å². The van der Waals surface area contributed by atoms with Crippen LogP contribution in [0.3, 0.4) is 0 Å². The van der Waals surface area contributed by atoms with Gasteiger partial charge < -0.3 is 14.8 Å². The van der Waals surface area contributed by atoms with Crippen LogP contribution in [0, 0.1) is 0 Å². The van der Waals surface area contributed by atoms with Gasteiger partial charge in [-0.25, -0.2) is 4.79 Å². The lowest BCUT2D eigenvalue weighted by Gasteiger charge is -2.37. The summed E-state index contributed by atoms with van der Waals surface area (Å²) in [6, 6.07) is 15.2. The minimum absolute atomic E-state index is 0.0175. The van der Waals surface area contributed by atoms with Crippen LogP contribution in [-0.4, -0.2) is 25.5 Å². The number of dihydropyridines is 1. The normalized spacial score (nSPS) is 20.6. The Morgan fingerprint density at radius 3 is 2.53 bits per heavy atom. The fraction of sp³-hybridized carbons (Fsp3) is 0.308. The van der Waals surface area contributed by atoms with Crippen LogP contribution in [0.15, 0.2) is 71.1 Å². The molecule has 0 saturated carbocycles. The Bertz CT molecular complexity index is 1120. The highest BCUT2D eigenvalue weighted by Crippen LogP contribution is 2.47. The molecule has 4 rings (SSSR count). The zero-order chi connectivity index (χ0) is 22.8. The minimum atomic E-state index is -0.542. The number of rotatable bonds is 5. The SMILES string of the molecule is CCOC(=O)C1=C(C)NC2=C(C(=O)C[C@H](c3ccc(Cl)cc3)C2)[C@@H]1c1ccccc1OC. The number of carbonyl (C=O) groups is 2. The Morgan fingerprint density at radius 2 is 1.84 bits per heavy atom. The Hall–Kier alpha value is -3.05. The van der Waals surface area contributed by atoms with Crippen molar-refractivity contribution in [3.05, 3.63) is 87.2 Å². The lowest BCUT2D eigenvalue weighted by atomic mass is 9.71. The molecule has 2 aromatic carbocycles. The number of hydrogen-bond acceptors (Lipinski definition) is 5. The average Bonchev–Trinajstić information content (AvgIpc) is 2.78. The highest BCUT2D eigenvalue weighted by Gasteiger charge is 2.42. The van der Waals surface area contributed by atoms with Crippen LogP contribution in [0.25, 0.3) is 0 Å². The maximum Gasteiger partial charge on any atom is 0.336 e. The summed E-state index contributed by atoms with van der Waals surface area (Å²) < 4.78 is 11.0. The van der Waals surface area contributed by atoms with Gasteiger partial charge in [0.05, 0.1) is 25.2 Å². The maximum atomic E-state index is 13.6. The van der Waals surface area contributed by atoms with E-state index in [9.17, 15) is 9.59 Å². The molecular weight excluding hydrogens is 426 g/mol.